The van der Waals surface area contributed by atoms with Crippen molar-refractivity contribution in [2.75, 3.05) is 0 Å². The van der Waals surface area contributed by atoms with E-state index >= 15 is 0 Å². The monoisotopic (exact) mass is 181 g/mol. The van der Waals surface area contributed by atoms with Crippen molar-refractivity contribution >= 4 is 11.9 Å². The number of carbonyl (C=O) groups is 2. The fraction of sp³-hybridized carbons (Fsp3) is 0. The van der Waals surface area contributed by atoms with Gasteiger partial charge in [0.15, 0.2) is 0 Å². The van der Waals surface area contributed by atoms with Crippen LogP contribution in [0.15, 0.2) is 18.2 Å². The Balaban J connectivity index is 3.35. The Morgan fingerprint density at radius 1 is 1.23 bits per heavy atom. The van der Waals surface area contributed by atoms with Gasteiger partial charge in [0.25, 0.3) is 0 Å². The summed E-state index contributed by atoms with van der Waals surface area (Å²) in [4.78, 5) is 21.3. The van der Waals surface area contributed by atoms with Gasteiger partial charge < -0.3 is 15.9 Å². The second-order valence-electron chi connectivity index (χ2n) is 2.40. The Kier molecular flexibility index (Phi) is 2.19. The Morgan fingerprint density at radius 2 is 1.85 bits per heavy atom. The molecule has 0 heterocycles. The molecule has 1 rings (SSSR count). The zero-order chi connectivity index (χ0) is 10.0. The number of nitrogens with two attached hydrogens (primary N) is 1. The van der Waals surface area contributed by atoms with Crippen LogP contribution in [0.1, 0.15) is 20.7 Å². The lowest BCUT2D eigenvalue weighted by molar-refractivity contribution is 0.0692. The molecule has 1 amide bonds. The van der Waals surface area contributed by atoms with Gasteiger partial charge in [0.2, 0.25) is 5.91 Å². The molecule has 0 aliphatic heterocycles. The van der Waals surface area contributed by atoms with Crippen LogP contribution in [-0.2, 0) is 0 Å². The highest BCUT2D eigenvalue weighted by molar-refractivity contribution is 6.04. The maximum Gasteiger partial charge on any atom is 0.336 e. The SMILES string of the molecule is NC(=O)c1cc(O)ccc1C(=O)O. The Hall–Kier alpha value is -2.04. The van der Waals surface area contributed by atoms with E-state index < -0.39 is 11.9 Å². The van der Waals surface area contributed by atoms with Crippen molar-refractivity contribution in [3.05, 3.63) is 29.3 Å². The van der Waals surface area contributed by atoms with Crippen molar-refractivity contribution in [3.63, 3.8) is 0 Å². The van der Waals surface area contributed by atoms with E-state index in [2.05, 4.69) is 0 Å². The van der Waals surface area contributed by atoms with Crippen molar-refractivity contribution in [1.82, 2.24) is 0 Å². The molecule has 68 valence electrons. The molecule has 1 aromatic rings. The number of hydrogen-bond donors (Lipinski definition) is 3. The topological polar surface area (TPSA) is 101 Å². The molecule has 1 aromatic carbocycles. The third-order valence-electron chi connectivity index (χ3n) is 1.50. The molecular weight excluding hydrogens is 174 g/mol. The van der Waals surface area contributed by atoms with Crippen molar-refractivity contribution in [2.45, 2.75) is 0 Å². The molecule has 0 aromatic heterocycles. The minimum Gasteiger partial charge on any atom is -0.508 e. The van der Waals surface area contributed by atoms with E-state index in [0.717, 1.165) is 12.1 Å². The minimum atomic E-state index is -1.26. The van der Waals surface area contributed by atoms with Crippen molar-refractivity contribution in [3.8, 4) is 5.75 Å². The highest BCUT2D eigenvalue weighted by atomic mass is 16.4. The maximum atomic E-state index is 10.7. The second-order valence-corrected chi connectivity index (χ2v) is 2.40. The third-order valence-corrected chi connectivity index (χ3v) is 1.50. The third kappa shape index (κ3) is 1.76. The smallest absolute Gasteiger partial charge is 0.336 e. The van der Waals surface area contributed by atoms with Gasteiger partial charge in [-0.2, -0.15) is 0 Å². The highest BCUT2D eigenvalue weighted by Crippen LogP contribution is 2.15. The fourth-order valence-corrected chi connectivity index (χ4v) is 0.923. The molecule has 13 heavy (non-hydrogen) atoms. The summed E-state index contributed by atoms with van der Waals surface area (Å²) in [6.07, 6.45) is 0. The first-order valence-corrected chi connectivity index (χ1v) is 3.38. The van der Waals surface area contributed by atoms with Gasteiger partial charge >= 0.3 is 5.97 Å². The zero-order valence-corrected chi connectivity index (χ0v) is 6.52. The molecule has 5 nitrogen and oxygen atoms in total. The van der Waals surface area contributed by atoms with Crippen LogP contribution in [0.25, 0.3) is 0 Å². The van der Waals surface area contributed by atoms with Gasteiger partial charge in [-0.25, -0.2) is 4.79 Å². The molecular formula is C8H7NO4. The number of phenolic OH excluding ortho intramolecular Hbond substituents is 1. The molecule has 0 spiro atoms. The number of carbonyl (C=O) groups excluding carboxylic acids is 1. The molecule has 0 atom stereocenters. The van der Waals surface area contributed by atoms with Crippen LogP contribution in [0.3, 0.4) is 0 Å². The first-order valence-electron chi connectivity index (χ1n) is 3.38. The maximum absolute atomic E-state index is 10.7. The molecule has 0 saturated heterocycles. The average molecular weight is 181 g/mol. The number of amides is 1. The van der Waals surface area contributed by atoms with Gasteiger partial charge in [-0.1, -0.05) is 0 Å². The standard InChI is InChI=1S/C8H7NO4/c9-7(11)6-3-4(10)1-2-5(6)8(12)13/h1-3,10H,(H2,9,11)(H,12,13). The second kappa shape index (κ2) is 3.14. The highest BCUT2D eigenvalue weighted by Gasteiger charge is 2.14. The van der Waals surface area contributed by atoms with E-state index in [0.29, 0.717) is 0 Å². The molecule has 0 aliphatic carbocycles. The lowest BCUT2D eigenvalue weighted by Crippen LogP contribution is -2.15. The number of hydrogen-bond acceptors (Lipinski definition) is 3. The van der Waals surface area contributed by atoms with E-state index in [1.165, 1.54) is 6.07 Å². The summed E-state index contributed by atoms with van der Waals surface area (Å²) in [6, 6.07) is 3.32. The van der Waals surface area contributed by atoms with Crippen LogP contribution in [0.5, 0.6) is 5.75 Å². The summed E-state index contributed by atoms with van der Waals surface area (Å²) in [5.74, 6) is -2.33. The van der Waals surface area contributed by atoms with Gasteiger partial charge in [-0.15, -0.1) is 0 Å². The summed E-state index contributed by atoms with van der Waals surface area (Å²) < 4.78 is 0. The number of carboxylic acid groups (broad SMARTS) is 1. The Bertz CT molecular complexity index is 372. The lowest BCUT2D eigenvalue weighted by atomic mass is 10.1. The van der Waals surface area contributed by atoms with Crippen molar-refractivity contribution in [1.29, 1.82) is 0 Å². The number of carboxylic acids is 1. The minimum absolute atomic E-state index is 0.196. The predicted octanol–water partition coefficient (Wildman–Crippen LogP) is 0.189. The molecule has 0 radical (unpaired) electrons. The molecule has 5 heteroatoms. The number of aromatic hydroxyl groups is 1. The van der Waals surface area contributed by atoms with Crippen LogP contribution in [0, 0.1) is 0 Å². The van der Waals surface area contributed by atoms with Crippen molar-refractivity contribution in [2.24, 2.45) is 5.73 Å². The van der Waals surface area contributed by atoms with Crippen LogP contribution in [0.2, 0.25) is 0 Å². The Morgan fingerprint density at radius 3 is 2.31 bits per heavy atom. The number of aromatic carboxylic acids is 1. The van der Waals surface area contributed by atoms with E-state index in [1.54, 1.807) is 0 Å². The van der Waals surface area contributed by atoms with Gasteiger partial charge in [0.05, 0.1) is 11.1 Å². The van der Waals surface area contributed by atoms with E-state index in [-0.39, 0.29) is 16.9 Å². The number of rotatable bonds is 2. The summed E-state index contributed by atoms with van der Waals surface area (Å²) in [6.45, 7) is 0. The summed E-state index contributed by atoms with van der Waals surface area (Å²) >= 11 is 0. The van der Waals surface area contributed by atoms with Crippen LogP contribution >= 0.6 is 0 Å². The number of primary amides is 1. The lowest BCUT2D eigenvalue weighted by Gasteiger charge is -2.01. The molecule has 0 saturated carbocycles. The van der Waals surface area contributed by atoms with Gasteiger partial charge in [-0.05, 0) is 18.2 Å². The molecule has 0 unspecified atom stereocenters. The largest absolute Gasteiger partial charge is 0.508 e. The summed E-state index contributed by atoms with van der Waals surface area (Å²) in [5, 5.41) is 17.6. The molecule has 0 bridgehead atoms. The summed E-state index contributed by atoms with van der Waals surface area (Å²) in [5.41, 5.74) is 4.49. The normalized spacial score (nSPS) is 9.54. The van der Waals surface area contributed by atoms with Crippen LogP contribution < -0.4 is 5.73 Å². The quantitative estimate of drug-likeness (QED) is 0.606. The number of phenols is 1. The van der Waals surface area contributed by atoms with Crippen LogP contribution in [-0.4, -0.2) is 22.1 Å². The predicted molar refractivity (Wildman–Crippen MR) is 43.6 cm³/mol. The van der Waals surface area contributed by atoms with Gasteiger partial charge in [0.1, 0.15) is 5.75 Å². The Labute approximate surface area is 73.4 Å². The molecule has 4 N–H and O–H groups in total. The van der Waals surface area contributed by atoms with E-state index in [9.17, 15) is 9.59 Å². The zero-order valence-electron chi connectivity index (χ0n) is 6.52. The van der Waals surface area contributed by atoms with E-state index in [1.807, 2.05) is 0 Å². The first kappa shape index (κ1) is 9.05. The fourth-order valence-electron chi connectivity index (χ4n) is 0.923. The summed E-state index contributed by atoms with van der Waals surface area (Å²) in [7, 11) is 0. The van der Waals surface area contributed by atoms with Gasteiger partial charge in [0, 0.05) is 0 Å². The van der Waals surface area contributed by atoms with Crippen LogP contribution in [0.4, 0.5) is 0 Å². The van der Waals surface area contributed by atoms with Crippen molar-refractivity contribution < 1.29 is 19.8 Å². The first-order chi connectivity index (χ1) is 6.02. The van der Waals surface area contributed by atoms with E-state index in [4.69, 9.17) is 15.9 Å². The van der Waals surface area contributed by atoms with Gasteiger partial charge in [-0.3, -0.25) is 4.79 Å². The molecule has 0 aliphatic rings. The number of benzene rings is 1. The molecule has 0 fully saturated rings. The average Bonchev–Trinajstić information content (AvgIpc) is 2.03.